The highest BCUT2D eigenvalue weighted by Crippen LogP contribution is 2.33. The number of H-pyrrole nitrogens is 1. The number of guanidine groups is 1. The standard InChI is InChI=1S/C15H21N5O/c16-15(17)19-6-1-2-13-14-10(5-7-18-13)11-8-9(21)3-4-12(11)20-14/h3-4,8,13,18,20-21H,1-2,5-7H2,(H4,16,17,19)/t13-/m0/s1. The molecule has 1 aliphatic heterocycles. The van der Waals surface area contributed by atoms with Gasteiger partial charge in [-0.2, -0.15) is 0 Å². The molecule has 0 amide bonds. The normalized spacial score (nSPS) is 17.6. The van der Waals surface area contributed by atoms with Crippen molar-refractivity contribution in [2.24, 2.45) is 16.5 Å². The first kappa shape index (κ1) is 13.8. The minimum absolute atomic E-state index is 0.147. The maximum atomic E-state index is 9.67. The second kappa shape index (κ2) is 5.65. The van der Waals surface area contributed by atoms with Crippen molar-refractivity contribution in [1.29, 1.82) is 0 Å². The number of rotatable bonds is 4. The lowest BCUT2D eigenvalue weighted by atomic mass is 9.96. The summed E-state index contributed by atoms with van der Waals surface area (Å²) in [6.45, 7) is 1.60. The van der Waals surface area contributed by atoms with Gasteiger partial charge >= 0.3 is 0 Å². The number of nitrogens with one attached hydrogen (secondary N) is 2. The quantitative estimate of drug-likeness (QED) is 0.329. The summed E-state index contributed by atoms with van der Waals surface area (Å²) in [6, 6.07) is 5.77. The van der Waals surface area contributed by atoms with E-state index < -0.39 is 0 Å². The smallest absolute Gasteiger partial charge is 0.185 e. The number of aromatic nitrogens is 1. The molecule has 0 aliphatic carbocycles. The van der Waals surface area contributed by atoms with Gasteiger partial charge in [0.1, 0.15) is 5.75 Å². The number of aromatic hydroxyl groups is 1. The Morgan fingerprint density at radius 1 is 1.38 bits per heavy atom. The SMILES string of the molecule is NC(N)=NCCC[C@@H]1NCCc2c1[nH]c1ccc(O)cc21. The number of nitrogens with zero attached hydrogens (tertiary/aromatic N) is 1. The van der Waals surface area contributed by atoms with E-state index in [1.807, 2.05) is 12.1 Å². The third-order valence-electron chi connectivity index (χ3n) is 3.98. The Morgan fingerprint density at radius 2 is 2.24 bits per heavy atom. The number of aliphatic imine (C=N–C) groups is 1. The molecule has 0 saturated carbocycles. The minimum Gasteiger partial charge on any atom is -0.508 e. The Kier molecular flexibility index (Phi) is 3.70. The van der Waals surface area contributed by atoms with Crippen LogP contribution in [-0.2, 0) is 6.42 Å². The first-order valence-electron chi connectivity index (χ1n) is 7.27. The molecule has 6 nitrogen and oxygen atoms in total. The molecule has 3 rings (SSSR count). The highest BCUT2D eigenvalue weighted by Gasteiger charge is 2.23. The number of benzene rings is 1. The van der Waals surface area contributed by atoms with Crippen molar-refractivity contribution in [2.75, 3.05) is 13.1 Å². The van der Waals surface area contributed by atoms with Crippen molar-refractivity contribution in [3.05, 3.63) is 29.5 Å². The molecule has 6 heteroatoms. The molecule has 1 aliphatic rings. The van der Waals surface area contributed by atoms with Crippen LogP contribution in [0.2, 0.25) is 0 Å². The summed E-state index contributed by atoms with van der Waals surface area (Å²) in [5.41, 5.74) is 14.3. The van der Waals surface area contributed by atoms with E-state index in [-0.39, 0.29) is 12.0 Å². The predicted molar refractivity (Wildman–Crippen MR) is 84.3 cm³/mol. The monoisotopic (exact) mass is 287 g/mol. The number of phenols is 1. The van der Waals surface area contributed by atoms with E-state index in [9.17, 15) is 5.11 Å². The summed E-state index contributed by atoms with van der Waals surface area (Å²) in [7, 11) is 0. The van der Waals surface area contributed by atoms with Gasteiger partial charge in [0.05, 0.1) is 0 Å². The molecule has 0 unspecified atom stereocenters. The largest absolute Gasteiger partial charge is 0.508 e. The zero-order chi connectivity index (χ0) is 14.8. The molecule has 112 valence electrons. The van der Waals surface area contributed by atoms with Crippen molar-refractivity contribution in [3.8, 4) is 5.75 Å². The van der Waals surface area contributed by atoms with E-state index in [1.54, 1.807) is 6.07 Å². The van der Waals surface area contributed by atoms with Gasteiger partial charge in [0, 0.05) is 29.2 Å². The summed E-state index contributed by atoms with van der Waals surface area (Å²) in [6.07, 6.45) is 2.88. The molecule has 1 aromatic carbocycles. The Bertz CT molecular complexity index is 672. The maximum absolute atomic E-state index is 9.67. The fourth-order valence-corrected chi connectivity index (χ4v) is 3.05. The van der Waals surface area contributed by atoms with Gasteiger partial charge in [0.15, 0.2) is 5.96 Å². The number of hydrogen-bond acceptors (Lipinski definition) is 3. The van der Waals surface area contributed by atoms with Crippen molar-refractivity contribution < 1.29 is 5.11 Å². The lowest BCUT2D eigenvalue weighted by Gasteiger charge is -2.24. The number of aromatic amines is 1. The third kappa shape index (κ3) is 2.80. The highest BCUT2D eigenvalue weighted by molar-refractivity contribution is 5.86. The van der Waals surface area contributed by atoms with Crippen LogP contribution in [0, 0.1) is 0 Å². The molecule has 0 fully saturated rings. The van der Waals surface area contributed by atoms with E-state index in [1.165, 1.54) is 11.3 Å². The molecule has 1 aromatic heterocycles. The Morgan fingerprint density at radius 3 is 3.05 bits per heavy atom. The Labute approximate surface area is 123 Å². The molecule has 0 spiro atoms. The van der Waals surface area contributed by atoms with Crippen LogP contribution in [0.4, 0.5) is 0 Å². The molecule has 21 heavy (non-hydrogen) atoms. The minimum atomic E-state index is 0.147. The van der Waals surface area contributed by atoms with Crippen LogP contribution in [-0.4, -0.2) is 29.1 Å². The van der Waals surface area contributed by atoms with Gasteiger partial charge < -0.3 is 26.9 Å². The fourth-order valence-electron chi connectivity index (χ4n) is 3.05. The molecule has 2 aromatic rings. The van der Waals surface area contributed by atoms with Gasteiger partial charge in [-0.3, -0.25) is 4.99 Å². The number of phenolic OH excluding ortho intramolecular Hbond substituents is 1. The summed E-state index contributed by atoms with van der Waals surface area (Å²) in [4.78, 5) is 7.50. The Hall–Kier alpha value is -2.21. The van der Waals surface area contributed by atoms with Crippen LogP contribution in [0.15, 0.2) is 23.2 Å². The van der Waals surface area contributed by atoms with Crippen LogP contribution in [0.25, 0.3) is 10.9 Å². The number of nitrogens with two attached hydrogens (primary N) is 2. The van der Waals surface area contributed by atoms with Crippen LogP contribution in [0.1, 0.15) is 30.1 Å². The fraction of sp³-hybridized carbons (Fsp3) is 0.400. The van der Waals surface area contributed by atoms with Crippen LogP contribution in [0.3, 0.4) is 0 Å². The summed E-state index contributed by atoms with van der Waals surface area (Å²) in [5.74, 6) is 0.459. The van der Waals surface area contributed by atoms with E-state index in [0.717, 1.165) is 36.7 Å². The number of fused-ring (bicyclic) bond motifs is 3. The topological polar surface area (TPSA) is 112 Å². The molecule has 2 heterocycles. The van der Waals surface area contributed by atoms with Gasteiger partial charge in [0.2, 0.25) is 0 Å². The second-order valence-electron chi connectivity index (χ2n) is 5.45. The van der Waals surface area contributed by atoms with Gasteiger partial charge in [-0.25, -0.2) is 0 Å². The second-order valence-corrected chi connectivity index (χ2v) is 5.45. The Balaban J connectivity index is 1.81. The van der Waals surface area contributed by atoms with Crippen molar-refractivity contribution in [3.63, 3.8) is 0 Å². The number of hydrogen-bond donors (Lipinski definition) is 5. The van der Waals surface area contributed by atoms with Gasteiger partial charge in [0.25, 0.3) is 0 Å². The first-order chi connectivity index (χ1) is 10.1. The molecular formula is C15H21N5O. The summed E-state index contributed by atoms with van der Waals surface area (Å²) < 4.78 is 0. The van der Waals surface area contributed by atoms with E-state index in [2.05, 4.69) is 15.3 Å². The molecule has 1 atom stereocenters. The van der Waals surface area contributed by atoms with Crippen LogP contribution >= 0.6 is 0 Å². The zero-order valence-electron chi connectivity index (χ0n) is 11.9. The van der Waals surface area contributed by atoms with Crippen molar-refractivity contribution in [1.82, 2.24) is 10.3 Å². The summed E-state index contributed by atoms with van der Waals surface area (Å²) >= 11 is 0. The zero-order valence-corrected chi connectivity index (χ0v) is 11.9. The first-order valence-corrected chi connectivity index (χ1v) is 7.27. The van der Waals surface area contributed by atoms with Crippen molar-refractivity contribution >= 4 is 16.9 Å². The van der Waals surface area contributed by atoms with Crippen molar-refractivity contribution in [2.45, 2.75) is 25.3 Å². The highest BCUT2D eigenvalue weighted by atomic mass is 16.3. The predicted octanol–water partition coefficient (Wildman–Crippen LogP) is 1.11. The van der Waals surface area contributed by atoms with Gasteiger partial charge in [-0.15, -0.1) is 0 Å². The summed E-state index contributed by atoms with van der Waals surface area (Å²) in [5, 5.41) is 14.3. The molecule has 7 N–H and O–H groups in total. The molecule has 0 bridgehead atoms. The van der Waals surface area contributed by atoms with E-state index >= 15 is 0 Å². The average molecular weight is 287 g/mol. The third-order valence-corrected chi connectivity index (χ3v) is 3.98. The van der Waals surface area contributed by atoms with Crippen LogP contribution < -0.4 is 16.8 Å². The lowest BCUT2D eigenvalue weighted by molar-refractivity contribution is 0.458. The van der Waals surface area contributed by atoms with Gasteiger partial charge in [-0.1, -0.05) is 0 Å². The van der Waals surface area contributed by atoms with Crippen LogP contribution in [0.5, 0.6) is 5.75 Å². The molecular weight excluding hydrogens is 266 g/mol. The molecule has 0 radical (unpaired) electrons. The van der Waals surface area contributed by atoms with E-state index in [0.29, 0.717) is 12.3 Å². The average Bonchev–Trinajstić information content (AvgIpc) is 2.82. The van der Waals surface area contributed by atoms with E-state index in [4.69, 9.17) is 11.5 Å². The lowest BCUT2D eigenvalue weighted by Crippen LogP contribution is -2.30. The van der Waals surface area contributed by atoms with Gasteiger partial charge in [-0.05, 0) is 49.6 Å². The maximum Gasteiger partial charge on any atom is 0.185 e. The molecule has 0 saturated heterocycles.